The molecule has 0 saturated carbocycles. The van der Waals surface area contributed by atoms with Crippen molar-refractivity contribution in [2.24, 2.45) is 0 Å². The molecule has 0 aliphatic carbocycles. The molecule has 11 heteroatoms. The molecule has 0 radical (unpaired) electrons. The van der Waals surface area contributed by atoms with Crippen LogP contribution in [-0.4, -0.2) is 61.1 Å². The fourth-order valence-corrected chi connectivity index (χ4v) is 5.78. The highest BCUT2D eigenvalue weighted by atomic mass is 28.4. The van der Waals surface area contributed by atoms with Gasteiger partial charge < -0.3 is 19.3 Å². The molecular weight excluding hydrogens is 469 g/mol. The van der Waals surface area contributed by atoms with Crippen LogP contribution in [0.1, 0.15) is 53.6 Å². The molecule has 1 aliphatic rings. The van der Waals surface area contributed by atoms with Gasteiger partial charge in [-0.3, -0.25) is 4.57 Å². The Morgan fingerprint density at radius 1 is 1.06 bits per heavy atom. The summed E-state index contributed by atoms with van der Waals surface area (Å²) in [6, 6.07) is 0. The molecule has 2 N–H and O–H groups in total. The molecule has 192 valence electrons. The monoisotopic (exact) mass is 511 g/mol. The second-order valence-corrected chi connectivity index (χ2v) is 22.0. The van der Waals surface area contributed by atoms with Crippen LogP contribution >= 0.6 is 0 Å². The van der Waals surface area contributed by atoms with E-state index in [0.717, 1.165) is 0 Å². The summed E-state index contributed by atoms with van der Waals surface area (Å²) in [6.45, 7) is 23.6. The van der Waals surface area contributed by atoms with Gasteiger partial charge in [-0.05, 0) is 43.2 Å². The zero-order valence-electron chi connectivity index (χ0n) is 22.6. The van der Waals surface area contributed by atoms with E-state index in [2.05, 4.69) is 82.7 Å². The van der Waals surface area contributed by atoms with Crippen LogP contribution in [0, 0.1) is 6.92 Å². The van der Waals surface area contributed by atoms with Crippen molar-refractivity contribution in [1.82, 2.24) is 19.5 Å². The van der Waals surface area contributed by atoms with Gasteiger partial charge in [0.05, 0.1) is 12.9 Å². The van der Waals surface area contributed by atoms with Gasteiger partial charge in [-0.2, -0.15) is 0 Å². The van der Waals surface area contributed by atoms with Gasteiger partial charge in [0.15, 0.2) is 40.5 Å². The third kappa shape index (κ3) is 5.08. The largest absolute Gasteiger partial charge is 0.414 e. The van der Waals surface area contributed by atoms with Gasteiger partial charge >= 0.3 is 0 Å². The fourth-order valence-electron chi connectivity index (χ4n) is 3.45. The molecule has 1 aliphatic heterocycles. The van der Waals surface area contributed by atoms with Crippen LogP contribution in [0.15, 0.2) is 6.33 Å². The van der Waals surface area contributed by atoms with Gasteiger partial charge in [0.1, 0.15) is 23.5 Å². The van der Waals surface area contributed by atoms with E-state index in [1.165, 1.54) is 6.33 Å². The number of aromatic nitrogens is 4. The van der Waals surface area contributed by atoms with Crippen LogP contribution in [0.25, 0.3) is 11.2 Å². The molecule has 0 spiro atoms. The molecule has 1 unspecified atom stereocenters. The molecule has 0 bridgehead atoms. The predicted molar refractivity (Wildman–Crippen MR) is 138 cm³/mol. The van der Waals surface area contributed by atoms with E-state index >= 15 is 4.39 Å². The van der Waals surface area contributed by atoms with E-state index in [1.54, 1.807) is 11.5 Å². The Balaban J connectivity index is 1.97. The number of alkyl halides is 1. The quantitative estimate of drug-likeness (QED) is 0.521. The van der Waals surface area contributed by atoms with Crippen LogP contribution in [0.5, 0.6) is 0 Å². The summed E-state index contributed by atoms with van der Waals surface area (Å²) in [6.07, 6.45) is -2.15. The average Bonchev–Trinajstić information content (AvgIpc) is 3.20. The lowest BCUT2D eigenvalue weighted by Gasteiger charge is -2.40. The Labute approximate surface area is 205 Å². The number of ether oxygens (including phenoxy) is 1. The highest BCUT2D eigenvalue weighted by Gasteiger charge is 2.52. The number of rotatable bonds is 6. The Morgan fingerprint density at radius 2 is 1.65 bits per heavy atom. The van der Waals surface area contributed by atoms with E-state index in [4.69, 9.17) is 19.3 Å². The lowest BCUT2D eigenvalue weighted by molar-refractivity contribution is -0.0421. The van der Waals surface area contributed by atoms with Crippen molar-refractivity contribution >= 4 is 33.6 Å². The minimum Gasteiger partial charge on any atom is -0.414 e. The molecule has 2 aromatic rings. The third-order valence-electron chi connectivity index (χ3n) is 7.75. The number of imidazole rings is 1. The van der Waals surface area contributed by atoms with Crippen LogP contribution in [0.4, 0.5) is 10.2 Å². The van der Waals surface area contributed by atoms with Crippen molar-refractivity contribution in [1.29, 1.82) is 0 Å². The van der Waals surface area contributed by atoms with Crippen molar-refractivity contribution in [2.75, 3.05) is 12.3 Å². The normalized spacial score (nSPS) is 24.8. The first-order valence-electron chi connectivity index (χ1n) is 11.9. The zero-order valence-corrected chi connectivity index (χ0v) is 24.6. The summed E-state index contributed by atoms with van der Waals surface area (Å²) in [4.78, 5) is 13.0. The first kappa shape index (κ1) is 27.2. The molecule has 0 aromatic carbocycles. The van der Waals surface area contributed by atoms with E-state index in [9.17, 15) is 0 Å². The molecule has 0 amide bonds. The Hall–Kier alpha value is -1.41. The van der Waals surface area contributed by atoms with Crippen LogP contribution in [0.3, 0.4) is 0 Å². The minimum atomic E-state index is -2.29. The van der Waals surface area contributed by atoms with E-state index < -0.39 is 41.2 Å². The molecule has 1 fully saturated rings. The lowest BCUT2D eigenvalue weighted by atomic mass is 10.1. The number of halogens is 1. The molecule has 3 heterocycles. The van der Waals surface area contributed by atoms with Crippen molar-refractivity contribution in [3.05, 3.63) is 12.2 Å². The Kier molecular flexibility index (Phi) is 7.13. The van der Waals surface area contributed by atoms with Crippen molar-refractivity contribution < 1.29 is 18.0 Å². The molecule has 8 nitrogen and oxygen atoms in total. The highest BCUT2D eigenvalue weighted by Crippen LogP contribution is 2.44. The number of nitrogens with two attached hydrogens (primary N) is 1. The van der Waals surface area contributed by atoms with Crippen molar-refractivity contribution in [3.63, 3.8) is 0 Å². The summed E-state index contributed by atoms with van der Waals surface area (Å²) >= 11 is 0. The first-order valence-corrected chi connectivity index (χ1v) is 17.8. The predicted octanol–water partition coefficient (Wildman–Crippen LogP) is 5.36. The van der Waals surface area contributed by atoms with Gasteiger partial charge in [-0.1, -0.05) is 41.5 Å². The molecule has 34 heavy (non-hydrogen) atoms. The maximum absolute atomic E-state index is 16.2. The first-order chi connectivity index (χ1) is 15.4. The second kappa shape index (κ2) is 8.91. The SMILES string of the molecule is Cc1nc(N)c2ncn([C@@H]3O[C@H](CO[Si](C)(C)C(C)(C)C)C(O[Si](C)(C)C(C)(C)C)[C@H]3F)c2n1. The maximum atomic E-state index is 16.2. The molecule has 4 atom stereocenters. The molecule has 3 rings (SSSR count). The van der Waals surface area contributed by atoms with E-state index in [1.807, 2.05) is 0 Å². The van der Waals surface area contributed by atoms with Crippen LogP contribution in [0.2, 0.25) is 36.3 Å². The van der Waals surface area contributed by atoms with Gasteiger partial charge in [0.25, 0.3) is 0 Å². The van der Waals surface area contributed by atoms with Gasteiger partial charge in [-0.25, -0.2) is 19.3 Å². The number of aryl methyl sites for hydroxylation is 1. The van der Waals surface area contributed by atoms with Crippen LogP contribution < -0.4 is 5.73 Å². The fraction of sp³-hybridized carbons (Fsp3) is 0.783. The number of anilines is 1. The zero-order chi connectivity index (χ0) is 25.9. The molecule has 1 saturated heterocycles. The standard InChI is InChI=1S/C23H42FN5O3Si2/c1-14-27-19(25)17-20(28-14)29(13-26-17)21-16(24)18(32-34(10,11)23(5,6)7)15(31-21)12-30-33(8,9)22(2,3)4/h13,15-16,18,21H,12H2,1-11H3,(H2,25,27,28)/t15-,16-,18?,21-/m1/s1. The maximum Gasteiger partial charge on any atom is 0.192 e. The topological polar surface area (TPSA) is 97.3 Å². The highest BCUT2D eigenvalue weighted by molar-refractivity contribution is 6.74. The Bertz CT molecular complexity index is 1030. The summed E-state index contributed by atoms with van der Waals surface area (Å²) in [7, 11) is -4.35. The van der Waals surface area contributed by atoms with Crippen molar-refractivity contribution in [2.45, 2.75) is 109 Å². The minimum absolute atomic E-state index is 0.0302. The number of nitrogen functional groups attached to an aromatic ring is 1. The Morgan fingerprint density at radius 3 is 2.21 bits per heavy atom. The van der Waals surface area contributed by atoms with E-state index in [0.29, 0.717) is 17.0 Å². The lowest BCUT2D eigenvalue weighted by Crippen LogP contribution is -2.50. The number of fused-ring (bicyclic) bond motifs is 1. The molecule has 2 aromatic heterocycles. The van der Waals surface area contributed by atoms with Gasteiger partial charge in [0, 0.05) is 0 Å². The van der Waals surface area contributed by atoms with E-state index in [-0.39, 0.29) is 22.5 Å². The number of nitrogens with zero attached hydrogens (tertiary/aromatic N) is 4. The van der Waals surface area contributed by atoms with Crippen LogP contribution in [-0.2, 0) is 13.6 Å². The number of hydrogen-bond acceptors (Lipinski definition) is 7. The molecular formula is C23H42FN5O3Si2. The average molecular weight is 512 g/mol. The van der Waals surface area contributed by atoms with Gasteiger partial charge in [-0.15, -0.1) is 0 Å². The second-order valence-electron chi connectivity index (χ2n) is 12.4. The van der Waals surface area contributed by atoms with Gasteiger partial charge in [0.2, 0.25) is 0 Å². The third-order valence-corrected chi connectivity index (χ3v) is 16.7. The summed E-state index contributed by atoms with van der Waals surface area (Å²) in [5.41, 5.74) is 6.92. The smallest absolute Gasteiger partial charge is 0.192 e. The number of hydrogen-bond donors (Lipinski definition) is 1. The summed E-state index contributed by atoms with van der Waals surface area (Å²) in [5, 5.41) is -0.0431. The summed E-state index contributed by atoms with van der Waals surface area (Å²) in [5.74, 6) is 0.758. The summed E-state index contributed by atoms with van der Waals surface area (Å²) < 4.78 is 37.2. The van der Waals surface area contributed by atoms with Crippen molar-refractivity contribution in [3.8, 4) is 0 Å².